The Labute approximate surface area is 122 Å². The molecule has 0 unspecified atom stereocenters. The normalized spacial score (nSPS) is 20.3. The predicted octanol–water partition coefficient (Wildman–Crippen LogP) is 3.11. The van der Waals surface area contributed by atoms with Crippen molar-refractivity contribution in [2.45, 2.75) is 38.5 Å². The van der Waals surface area contributed by atoms with Gasteiger partial charge in [-0.05, 0) is 31.9 Å². The van der Waals surface area contributed by atoms with Gasteiger partial charge in [-0.3, -0.25) is 0 Å². The third kappa shape index (κ3) is 4.09. The molecule has 0 aliphatic carbocycles. The van der Waals surface area contributed by atoms with E-state index < -0.39 is 0 Å². The minimum absolute atomic E-state index is 0.0457. The number of ether oxygens (including phenoxy) is 1. The van der Waals surface area contributed by atoms with Gasteiger partial charge in [-0.15, -0.1) is 11.3 Å². The van der Waals surface area contributed by atoms with Gasteiger partial charge in [-0.2, -0.15) is 0 Å². The lowest BCUT2D eigenvalue weighted by Crippen LogP contribution is -2.46. The van der Waals surface area contributed by atoms with Gasteiger partial charge in [0, 0.05) is 18.5 Å². The highest BCUT2D eigenvalue weighted by Gasteiger charge is 2.24. The Kier molecular flexibility index (Phi) is 5.07. The largest absolute Gasteiger partial charge is 0.376 e. The maximum absolute atomic E-state index is 12.1. The van der Waals surface area contributed by atoms with Crippen molar-refractivity contribution in [2.24, 2.45) is 0 Å². The van der Waals surface area contributed by atoms with Gasteiger partial charge >= 0.3 is 6.03 Å². The summed E-state index contributed by atoms with van der Waals surface area (Å²) in [7, 11) is 1.78. The molecule has 4 nitrogen and oxygen atoms in total. The summed E-state index contributed by atoms with van der Waals surface area (Å²) in [5.41, 5.74) is 0. The summed E-state index contributed by atoms with van der Waals surface area (Å²) in [6.45, 7) is 3.36. The minimum atomic E-state index is -0.0764. The van der Waals surface area contributed by atoms with Gasteiger partial charge in [-0.1, -0.05) is 11.6 Å². The second-order valence-corrected chi connectivity index (χ2v) is 6.65. The van der Waals surface area contributed by atoms with Gasteiger partial charge in [0.2, 0.25) is 0 Å². The number of carbonyl (C=O) groups excluding carboxylic acids is 1. The molecule has 1 aliphatic rings. The summed E-state index contributed by atoms with van der Waals surface area (Å²) in [5, 5.41) is 2.98. The zero-order chi connectivity index (χ0) is 13.8. The lowest BCUT2D eigenvalue weighted by Gasteiger charge is -2.24. The number of nitrogens with one attached hydrogen (secondary N) is 1. The first-order valence-electron chi connectivity index (χ1n) is 6.43. The fourth-order valence-corrected chi connectivity index (χ4v) is 3.28. The van der Waals surface area contributed by atoms with E-state index in [-0.39, 0.29) is 18.2 Å². The molecule has 1 saturated heterocycles. The zero-order valence-electron chi connectivity index (χ0n) is 11.2. The molecule has 0 saturated carbocycles. The van der Waals surface area contributed by atoms with E-state index in [4.69, 9.17) is 16.3 Å². The van der Waals surface area contributed by atoms with Crippen LogP contribution in [0.15, 0.2) is 12.1 Å². The summed E-state index contributed by atoms with van der Waals surface area (Å²) in [4.78, 5) is 14.8. The standard InChI is InChI=1S/C13H19ClN2O2S/c1-9(11-4-3-7-18-11)15-13(17)16(2)8-10-5-6-12(14)19-10/h5-6,9,11H,3-4,7-8H2,1-2H3,(H,15,17)/t9-,11+/m1/s1. The Hall–Kier alpha value is -0.780. The zero-order valence-corrected chi connectivity index (χ0v) is 12.8. The van der Waals surface area contributed by atoms with Crippen LogP contribution < -0.4 is 5.32 Å². The number of amides is 2. The number of hydrogen-bond donors (Lipinski definition) is 1. The molecule has 1 fully saturated rings. The van der Waals surface area contributed by atoms with Crippen LogP contribution in [-0.4, -0.2) is 36.7 Å². The number of carbonyl (C=O) groups is 1. The summed E-state index contributed by atoms with van der Waals surface area (Å²) < 4.78 is 6.32. The van der Waals surface area contributed by atoms with E-state index in [1.165, 1.54) is 11.3 Å². The molecule has 1 aromatic heterocycles. The average Bonchev–Trinajstić information content (AvgIpc) is 3.00. The van der Waals surface area contributed by atoms with Crippen LogP contribution in [-0.2, 0) is 11.3 Å². The molecule has 2 heterocycles. The van der Waals surface area contributed by atoms with Crippen molar-refractivity contribution >= 4 is 29.0 Å². The Morgan fingerprint density at radius 1 is 1.68 bits per heavy atom. The molecular weight excluding hydrogens is 284 g/mol. The van der Waals surface area contributed by atoms with E-state index in [0.29, 0.717) is 6.54 Å². The summed E-state index contributed by atoms with van der Waals surface area (Å²) in [5.74, 6) is 0. The first-order chi connectivity index (χ1) is 9.06. The molecule has 2 amide bonds. The van der Waals surface area contributed by atoms with Crippen LogP contribution in [0, 0.1) is 0 Å². The summed E-state index contributed by atoms with van der Waals surface area (Å²) >= 11 is 7.37. The van der Waals surface area contributed by atoms with Crippen molar-refractivity contribution in [3.63, 3.8) is 0 Å². The van der Waals surface area contributed by atoms with Crippen LogP contribution in [0.2, 0.25) is 4.34 Å². The molecule has 6 heteroatoms. The van der Waals surface area contributed by atoms with Crippen LogP contribution in [0.25, 0.3) is 0 Å². The topological polar surface area (TPSA) is 41.6 Å². The van der Waals surface area contributed by atoms with Crippen LogP contribution in [0.3, 0.4) is 0 Å². The van der Waals surface area contributed by atoms with Crippen LogP contribution in [0.5, 0.6) is 0 Å². The molecule has 0 bridgehead atoms. The molecule has 0 spiro atoms. The first-order valence-corrected chi connectivity index (χ1v) is 7.63. The van der Waals surface area contributed by atoms with E-state index in [2.05, 4.69) is 5.32 Å². The fraction of sp³-hybridized carbons (Fsp3) is 0.615. The molecule has 106 valence electrons. The summed E-state index contributed by atoms with van der Waals surface area (Å²) in [6, 6.07) is 3.76. The fourth-order valence-electron chi connectivity index (χ4n) is 2.14. The van der Waals surface area contributed by atoms with Gasteiger partial charge in [0.25, 0.3) is 0 Å². The van der Waals surface area contributed by atoms with Crippen molar-refractivity contribution in [1.29, 1.82) is 0 Å². The van der Waals surface area contributed by atoms with E-state index in [1.807, 2.05) is 19.1 Å². The average molecular weight is 303 g/mol. The van der Waals surface area contributed by atoms with Crippen LogP contribution in [0.1, 0.15) is 24.6 Å². The van der Waals surface area contributed by atoms with Crippen LogP contribution in [0.4, 0.5) is 4.79 Å². The first kappa shape index (κ1) is 14.6. The maximum atomic E-state index is 12.1. The minimum Gasteiger partial charge on any atom is -0.376 e. The number of thiophene rings is 1. The van der Waals surface area contributed by atoms with Crippen molar-refractivity contribution in [3.05, 3.63) is 21.3 Å². The van der Waals surface area contributed by atoms with Gasteiger partial charge in [0.1, 0.15) is 0 Å². The Bertz CT molecular complexity index is 432. The van der Waals surface area contributed by atoms with E-state index in [0.717, 1.165) is 28.7 Å². The molecule has 0 aromatic carbocycles. The number of halogens is 1. The number of rotatable bonds is 4. The molecule has 1 N–H and O–H groups in total. The second-order valence-electron chi connectivity index (χ2n) is 4.85. The van der Waals surface area contributed by atoms with Gasteiger partial charge in [0.15, 0.2) is 0 Å². The van der Waals surface area contributed by atoms with Crippen molar-refractivity contribution < 1.29 is 9.53 Å². The van der Waals surface area contributed by atoms with Crippen LogP contribution >= 0.6 is 22.9 Å². The monoisotopic (exact) mass is 302 g/mol. The van der Waals surface area contributed by atoms with Crippen molar-refractivity contribution in [1.82, 2.24) is 10.2 Å². The number of urea groups is 1. The molecule has 1 aliphatic heterocycles. The highest BCUT2D eigenvalue weighted by atomic mass is 35.5. The number of nitrogens with zero attached hydrogens (tertiary/aromatic N) is 1. The lowest BCUT2D eigenvalue weighted by atomic mass is 10.1. The Morgan fingerprint density at radius 3 is 3.05 bits per heavy atom. The molecule has 2 atom stereocenters. The highest BCUT2D eigenvalue weighted by Crippen LogP contribution is 2.22. The van der Waals surface area contributed by atoms with E-state index in [9.17, 15) is 4.79 Å². The third-order valence-electron chi connectivity index (χ3n) is 3.24. The number of hydrogen-bond acceptors (Lipinski definition) is 3. The SMILES string of the molecule is C[C@@H](NC(=O)N(C)Cc1ccc(Cl)s1)[C@@H]1CCCO1. The smallest absolute Gasteiger partial charge is 0.317 e. The lowest BCUT2D eigenvalue weighted by molar-refractivity contribution is 0.0838. The van der Waals surface area contributed by atoms with Gasteiger partial charge in [0.05, 0.1) is 23.0 Å². The molecule has 19 heavy (non-hydrogen) atoms. The molecular formula is C13H19ClN2O2S. The highest BCUT2D eigenvalue weighted by molar-refractivity contribution is 7.16. The molecule has 1 aromatic rings. The van der Waals surface area contributed by atoms with E-state index in [1.54, 1.807) is 11.9 Å². The quantitative estimate of drug-likeness (QED) is 0.928. The van der Waals surface area contributed by atoms with E-state index >= 15 is 0 Å². The molecule has 0 radical (unpaired) electrons. The maximum Gasteiger partial charge on any atom is 0.317 e. The third-order valence-corrected chi connectivity index (χ3v) is 4.46. The van der Waals surface area contributed by atoms with Gasteiger partial charge in [-0.25, -0.2) is 4.79 Å². The summed E-state index contributed by atoms with van der Waals surface area (Å²) in [6.07, 6.45) is 2.24. The van der Waals surface area contributed by atoms with Gasteiger partial charge < -0.3 is 15.0 Å². The van der Waals surface area contributed by atoms with Crippen molar-refractivity contribution in [2.75, 3.05) is 13.7 Å². The predicted molar refractivity (Wildman–Crippen MR) is 77.8 cm³/mol. The Morgan fingerprint density at radius 2 is 2.47 bits per heavy atom. The Balaban J connectivity index is 1.81. The molecule has 2 rings (SSSR count). The second kappa shape index (κ2) is 6.59. The van der Waals surface area contributed by atoms with Crippen molar-refractivity contribution in [3.8, 4) is 0 Å².